The van der Waals surface area contributed by atoms with E-state index >= 15 is 0 Å². The van der Waals surface area contributed by atoms with Crippen LogP contribution in [0.15, 0.2) is 24.3 Å². The fourth-order valence-corrected chi connectivity index (χ4v) is 1.44. The molecule has 0 aromatic heterocycles. The quantitative estimate of drug-likeness (QED) is 0.719. The Bertz CT molecular complexity index is 442. The number of anilines is 1. The van der Waals surface area contributed by atoms with Gasteiger partial charge in [-0.05, 0) is 31.5 Å². The zero-order chi connectivity index (χ0) is 14.4. The third-order valence-electron chi connectivity index (χ3n) is 2.55. The molecule has 0 fully saturated rings. The molecule has 3 N–H and O–H groups in total. The van der Waals surface area contributed by atoms with Gasteiger partial charge in [0.1, 0.15) is 6.04 Å². The summed E-state index contributed by atoms with van der Waals surface area (Å²) in [6.07, 6.45) is -0.553. The number of carbonyl (C=O) groups is 2. The Morgan fingerprint density at radius 2 is 1.79 bits per heavy atom. The van der Waals surface area contributed by atoms with Crippen molar-refractivity contribution in [3.05, 3.63) is 29.8 Å². The Balaban J connectivity index is 2.55. The second-order valence-corrected chi connectivity index (χ2v) is 4.14. The Kier molecular flexibility index (Phi) is 5.32. The fourth-order valence-electron chi connectivity index (χ4n) is 1.44. The minimum atomic E-state index is -0.721. The summed E-state index contributed by atoms with van der Waals surface area (Å²) in [6, 6.07) is 5.55. The zero-order valence-electron chi connectivity index (χ0n) is 11.1. The maximum absolute atomic E-state index is 11.6. The third kappa shape index (κ3) is 4.59. The van der Waals surface area contributed by atoms with E-state index in [0.717, 1.165) is 5.56 Å². The number of amides is 2. The van der Waals surface area contributed by atoms with Gasteiger partial charge in [-0.15, -0.1) is 0 Å². The number of esters is 1. The van der Waals surface area contributed by atoms with Gasteiger partial charge in [-0.3, -0.25) is 0 Å². The van der Waals surface area contributed by atoms with Gasteiger partial charge in [0.2, 0.25) is 0 Å². The van der Waals surface area contributed by atoms with Gasteiger partial charge < -0.3 is 20.5 Å². The summed E-state index contributed by atoms with van der Waals surface area (Å²) in [5.74, 6) is -0.514. The molecule has 2 amide bonds. The first-order valence-electron chi connectivity index (χ1n) is 5.87. The van der Waals surface area contributed by atoms with Crippen molar-refractivity contribution in [2.45, 2.75) is 26.0 Å². The number of methoxy groups -OCH3 is 1. The first-order valence-corrected chi connectivity index (χ1v) is 5.87. The number of rotatable bonds is 4. The monoisotopic (exact) mass is 266 g/mol. The maximum Gasteiger partial charge on any atom is 0.328 e. The van der Waals surface area contributed by atoms with E-state index in [2.05, 4.69) is 15.4 Å². The average Bonchev–Trinajstić information content (AvgIpc) is 2.38. The number of hydrogen-bond acceptors (Lipinski definition) is 4. The molecule has 0 radical (unpaired) electrons. The Morgan fingerprint density at radius 3 is 2.26 bits per heavy atom. The lowest BCUT2D eigenvalue weighted by atomic mass is 10.1. The van der Waals surface area contributed by atoms with Crippen molar-refractivity contribution < 1.29 is 19.4 Å². The van der Waals surface area contributed by atoms with Crippen molar-refractivity contribution in [1.29, 1.82) is 0 Å². The summed E-state index contributed by atoms with van der Waals surface area (Å²) in [5, 5.41) is 14.4. The van der Waals surface area contributed by atoms with Gasteiger partial charge >= 0.3 is 12.0 Å². The van der Waals surface area contributed by atoms with Gasteiger partial charge in [0.05, 0.1) is 13.2 Å². The van der Waals surface area contributed by atoms with E-state index in [9.17, 15) is 14.7 Å². The first kappa shape index (κ1) is 15.0. The molecule has 0 saturated heterocycles. The minimum absolute atomic E-state index is 0.498. The summed E-state index contributed by atoms with van der Waals surface area (Å²) < 4.78 is 4.50. The summed E-state index contributed by atoms with van der Waals surface area (Å²) in [4.78, 5) is 22.7. The molecule has 0 spiro atoms. The van der Waals surface area contributed by atoms with Gasteiger partial charge in [-0.1, -0.05) is 12.1 Å². The SMILES string of the molecule is COC(=O)C(C)NC(=O)Nc1ccc(C(C)O)cc1. The summed E-state index contributed by atoms with van der Waals surface area (Å²) >= 11 is 0. The Morgan fingerprint density at radius 1 is 1.21 bits per heavy atom. The molecule has 0 aliphatic carbocycles. The van der Waals surface area contributed by atoms with Crippen LogP contribution in [0.25, 0.3) is 0 Å². The van der Waals surface area contributed by atoms with Gasteiger partial charge in [-0.25, -0.2) is 9.59 Å². The molecule has 0 aliphatic rings. The minimum Gasteiger partial charge on any atom is -0.467 e. The van der Waals surface area contributed by atoms with E-state index in [1.165, 1.54) is 14.0 Å². The third-order valence-corrected chi connectivity index (χ3v) is 2.55. The Labute approximate surface area is 111 Å². The zero-order valence-corrected chi connectivity index (χ0v) is 11.1. The van der Waals surface area contributed by atoms with E-state index in [1.807, 2.05) is 0 Å². The number of aliphatic hydroxyl groups is 1. The van der Waals surface area contributed by atoms with Crippen LogP contribution in [0.5, 0.6) is 0 Å². The van der Waals surface area contributed by atoms with E-state index in [-0.39, 0.29) is 0 Å². The molecular weight excluding hydrogens is 248 g/mol. The fraction of sp³-hybridized carbons (Fsp3) is 0.385. The van der Waals surface area contributed by atoms with Crippen LogP contribution < -0.4 is 10.6 Å². The number of nitrogens with one attached hydrogen (secondary N) is 2. The molecule has 0 aliphatic heterocycles. The second kappa shape index (κ2) is 6.75. The molecule has 6 heteroatoms. The number of carbonyl (C=O) groups excluding carboxylic acids is 2. The van der Waals surface area contributed by atoms with Gasteiger partial charge in [0.15, 0.2) is 0 Å². The van der Waals surface area contributed by atoms with Crippen molar-refractivity contribution in [2.75, 3.05) is 12.4 Å². The van der Waals surface area contributed by atoms with Crippen LogP contribution in [0, 0.1) is 0 Å². The van der Waals surface area contributed by atoms with Crippen molar-refractivity contribution in [1.82, 2.24) is 5.32 Å². The van der Waals surface area contributed by atoms with E-state index < -0.39 is 24.1 Å². The lowest BCUT2D eigenvalue weighted by Crippen LogP contribution is -2.41. The summed E-state index contributed by atoms with van der Waals surface area (Å²) in [5.41, 5.74) is 1.33. The van der Waals surface area contributed by atoms with Crippen molar-refractivity contribution >= 4 is 17.7 Å². The summed E-state index contributed by atoms with van der Waals surface area (Å²) in [6.45, 7) is 3.19. The van der Waals surface area contributed by atoms with E-state index in [4.69, 9.17) is 0 Å². The first-order chi connectivity index (χ1) is 8.93. The van der Waals surface area contributed by atoms with Crippen molar-refractivity contribution in [2.24, 2.45) is 0 Å². The topological polar surface area (TPSA) is 87.7 Å². The second-order valence-electron chi connectivity index (χ2n) is 4.14. The largest absolute Gasteiger partial charge is 0.467 e. The molecular formula is C13H18N2O4. The van der Waals surface area contributed by atoms with Gasteiger partial charge in [0, 0.05) is 5.69 Å². The highest BCUT2D eigenvalue weighted by Crippen LogP contribution is 2.15. The molecule has 0 saturated carbocycles. The highest BCUT2D eigenvalue weighted by Gasteiger charge is 2.15. The van der Waals surface area contributed by atoms with Crippen molar-refractivity contribution in [3.63, 3.8) is 0 Å². The van der Waals surface area contributed by atoms with Crippen LogP contribution in [0.4, 0.5) is 10.5 Å². The molecule has 104 valence electrons. The normalized spacial score (nSPS) is 13.3. The number of hydrogen-bond donors (Lipinski definition) is 3. The van der Waals surface area contributed by atoms with Gasteiger partial charge in [0.25, 0.3) is 0 Å². The highest BCUT2D eigenvalue weighted by atomic mass is 16.5. The molecule has 19 heavy (non-hydrogen) atoms. The molecule has 1 rings (SSSR count). The van der Waals surface area contributed by atoms with Crippen LogP contribution in [0.2, 0.25) is 0 Å². The number of ether oxygens (including phenoxy) is 1. The lowest BCUT2D eigenvalue weighted by Gasteiger charge is -2.13. The summed E-state index contributed by atoms with van der Waals surface area (Å²) in [7, 11) is 1.26. The van der Waals surface area contributed by atoms with Crippen LogP contribution >= 0.6 is 0 Å². The van der Waals surface area contributed by atoms with E-state index in [1.54, 1.807) is 31.2 Å². The van der Waals surface area contributed by atoms with Crippen LogP contribution in [0.3, 0.4) is 0 Å². The van der Waals surface area contributed by atoms with E-state index in [0.29, 0.717) is 5.69 Å². The Hall–Kier alpha value is -2.08. The molecule has 1 aromatic carbocycles. The average molecular weight is 266 g/mol. The molecule has 2 unspecified atom stereocenters. The van der Waals surface area contributed by atoms with Crippen LogP contribution in [0.1, 0.15) is 25.5 Å². The predicted octanol–water partition coefficient (Wildman–Crippen LogP) is 1.42. The van der Waals surface area contributed by atoms with Crippen LogP contribution in [-0.2, 0) is 9.53 Å². The number of aliphatic hydroxyl groups excluding tert-OH is 1. The van der Waals surface area contributed by atoms with Gasteiger partial charge in [-0.2, -0.15) is 0 Å². The lowest BCUT2D eigenvalue weighted by molar-refractivity contribution is -0.142. The predicted molar refractivity (Wildman–Crippen MR) is 70.7 cm³/mol. The number of urea groups is 1. The van der Waals surface area contributed by atoms with Crippen LogP contribution in [-0.4, -0.2) is 30.3 Å². The number of benzene rings is 1. The molecule has 1 aromatic rings. The highest BCUT2D eigenvalue weighted by molar-refractivity contribution is 5.92. The molecule has 2 atom stereocenters. The molecule has 0 heterocycles. The molecule has 0 bridgehead atoms. The maximum atomic E-state index is 11.6. The molecule has 6 nitrogen and oxygen atoms in total. The van der Waals surface area contributed by atoms with Crippen molar-refractivity contribution in [3.8, 4) is 0 Å². The standard InChI is InChI=1S/C13H18N2O4/c1-8(12(17)19-3)14-13(18)15-11-6-4-10(5-7-11)9(2)16/h4-9,16H,1-3H3,(H2,14,15,18). The smallest absolute Gasteiger partial charge is 0.328 e.